The third kappa shape index (κ3) is 3.78. The van der Waals surface area contributed by atoms with Gasteiger partial charge in [0.2, 0.25) is 5.91 Å². The Balaban J connectivity index is 0.00000220. The van der Waals surface area contributed by atoms with Crippen molar-refractivity contribution in [1.29, 1.82) is 0 Å². The number of benzene rings is 1. The van der Waals surface area contributed by atoms with Crippen molar-refractivity contribution in [2.24, 2.45) is 11.7 Å². The van der Waals surface area contributed by atoms with Crippen LogP contribution in [0.3, 0.4) is 0 Å². The van der Waals surface area contributed by atoms with Crippen LogP contribution in [0.25, 0.3) is 0 Å². The summed E-state index contributed by atoms with van der Waals surface area (Å²) in [6, 6.07) is 6.63. The number of likely N-dealkylation sites (tertiary alicyclic amines) is 1. The molecule has 2 unspecified atom stereocenters. The van der Waals surface area contributed by atoms with Crippen molar-refractivity contribution in [3.05, 3.63) is 34.9 Å². The highest BCUT2D eigenvalue weighted by atomic mass is 35.5. The quantitative estimate of drug-likeness (QED) is 0.930. The minimum atomic E-state index is -0.0827. The first kappa shape index (κ1) is 18.0. The molecule has 2 N–H and O–H groups in total. The van der Waals surface area contributed by atoms with Crippen molar-refractivity contribution in [3.8, 4) is 0 Å². The van der Waals surface area contributed by atoms with E-state index in [1.165, 1.54) is 23.1 Å². The second kappa shape index (κ2) is 7.81. The molecule has 0 spiro atoms. The van der Waals surface area contributed by atoms with Gasteiger partial charge in [0.25, 0.3) is 0 Å². The van der Waals surface area contributed by atoms with Gasteiger partial charge in [0.1, 0.15) is 0 Å². The standard InChI is InChI=1S/C17H26N2O.ClH/c1-12-7-6-8-15(14(12)3)16-9-4-5-10-19(16)17(20)13(2)11-18;/h6-8,13,16H,4-5,9-11,18H2,1-3H3;1H. The van der Waals surface area contributed by atoms with E-state index in [9.17, 15) is 4.79 Å². The Morgan fingerprint density at radius 1 is 1.38 bits per heavy atom. The molecule has 0 bridgehead atoms. The molecule has 21 heavy (non-hydrogen) atoms. The van der Waals surface area contributed by atoms with Crippen LogP contribution in [-0.4, -0.2) is 23.9 Å². The van der Waals surface area contributed by atoms with Crippen LogP contribution in [0.5, 0.6) is 0 Å². The van der Waals surface area contributed by atoms with Gasteiger partial charge in [-0.1, -0.05) is 25.1 Å². The van der Waals surface area contributed by atoms with E-state index in [0.717, 1.165) is 19.4 Å². The zero-order valence-corrected chi connectivity index (χ0v) is 14.1. The molecule has 0 aromatic heterocycles. The zero-order chi connectivity index (χ0) is 14.7. The molecule has 1 saturated heterocycles. The van der Waals surface area contributed by atoms with E-state index in [4.69, 9.17) is 5.73 Å². The van der Waals surface area contributed by atoms with Gasteiger partial charge in [0.05, 0.1) is 6.04 Å². The van der Waals surface area contributed by atoms with Crippen molar-refractivity contribution in [2.75, 3.05) is 13.1 Å². The molecule has 1 aliphatic heterocycles. The van der Waals surface area contributed by atoms with Gasteiger partial charge in [-0.3, -0.25) is 4.79 Å². The third-order valence-corrected chi connectivity index (χ3v) is 4.57. The maximum atomic E-state index is 12.6. The van der Waals surface area contributed by atoms with Gasteiger partial charge < -0.3 is 10.6 Å². The third-order valence-electron chi connectivity index (χ3n) is 4.57. The molecule has 1 aromatic carbocycles. The number of hydrogen-bond acceptors (Lipinski definition) is 2. The maximum absolute atomic E-state index is 12.6. The average molecular weight is 311 g/mol. The lowest BCUT2D eigenvalue weighted by atomic mass is 9.89. The zero-order valence-electron chi connectivity index (χ0n) is 13.3. The van der Waals surface area contributed by atoms with Gasteiger partial charge >= 0.3 is 0 Å². The molecule has 4 heteroatoms. The molecule has 3 nitrogen and oxygen atoms in total. The number of carbonyl (C=O) groups excluding carboxylic acids is 1. The van der Waals surface area contributed by atoms with Crippen LogP contribution in [0.1, 0.15) is 48.9 Å². The molecule has 1 amide bonds. The molecule has 1 fully saturated rings. The summed E-state index contributed by atoms with van der Waals surface area (Å²) in [5.74, 6) is 0.124. The van der Waals surface area contributed by atoms with E-state index in [1.807, 2.05) is 6.92 Å². The summed E-state index contributed by atoms with van der Waals surface area (Å²) >= 11 is 0. The lowest BCUT2D eigenvalue weighted by Gasteiger charge is -2.38. The molecule has 2 atom stereocenters. The SMILES string of the molecule is Cc1cccc(C2CCCCN2C(=O)C(C)CN)c1C.Cl. The Labute approximate surface area is 134 Å². The molecule has 1 aliphatic rings. The Kier molecular flexibility index (Phi) is 6.69. The van der Waals surface area contributed by atoms with E-state index >= 15 is 0 Å². The number of rotatable bonds is 3. The number of aryl methyl sites for hydroxylation is 1. The molecule has 1 heterocycles. The Morgan fingerprint density at radius 2 is 2.10 bits per heavy atom. The number of nitrogens with two attached hydrogens (primary N) is 1. The minimum absolute atomic E-state index is 0. The van der Waals surface area contributed by atoms with Crippen molar-refractivity contribution in [2.45, 2.75) is 46.1 Å². The summed E-state index contributed by atoms with van der Waals surface area (Å²) in [5, 5.41) is 0. The van der Waals surface area contributed by atoms with Crippen LogP contribution in [0.2, 0.25) is 0 Å². The number of halogens is 1. The van der Waals surface area contributed by atoms with Gasteiger partial charge in [-0.2, -0.15) is 0 Å². The molecular formula is C17H27ClN2O. The first-order valence-corrected chi connectivity index (χ1v) is 7.63. The summed E-state index contributed by atoms with van der Waals surface area (Å²) in [5.41, 5.74) is 9.59. The first-order valence-electron chi connectivity index (χ1n) is 7.63. The molecule has 118 valence electrons. The monoisotopic (exact) mass is 310 g/mol. The van der Waals surface area contributed by atoms with Gasteiger partial charge in [0.15, 0.2) is 0 Å². The fourth-order valence-electron chi connectivity index (χ4n) is 3.04. The lowest BCUT2D eigenvalue weighted by Crippen LogP contribution is -2.43. The Hall–Kier alpha value is -1.06. The van der Waals surface area contributed by atoms with Crippen LogP contribution in [-0.2, 0) is 4.79 Å². The van der Waals surface area contributed by atoms with Crippen molar-refractivity contribution >= 4 is 18.3 Å². The lowest BCUT2D eigenvalue weighted by molar-refractivity contribution is -0.138. The Bertz CT molecular complexity index is 490. The van der Waals surface area contributed by atoms with Crippen molar-refractivity contribution in [1.82, 2.24) is 4.90 Å². The number of amides is 1. The summed E-state index contributed by atoms with van der Waals surface area (Å²) < 4.78 is 0. The molecule has 0 aliphatic carbocycles. The molecule has 0 radical (unpaired) electrons. The first-order chi connectivity index (χ1) is 9.56. The average Bonchev–Trinajstić information content (AvgIpc) is 2.48. The highest BCUT2D eigenvalue weighted by Crippen LogP contribution is 2.34. The molecule has 1 aromatic rings. The van der Waals surface area contributed by atoms with Crippen LogP contribution in [0.15, 0.2) is 18.2 Å². The maximum Gasteiger partial charge on any atom is 0.227 e. The van der Waals surface area contributed by atoms with E-state index in [1.54, 1.807) is 0 Å². The largest absolute Gasteiger partial charge is 0.335 e. The summed E-state index contributed by atoms with van der Waals surface area (Å²) in [6.07, 6.45) is 3.36. The summed E-state index contributed by atoms with van der Waals surface area (Å²) in [4.78, 5) is 14.6. The number of hydrogen-bond donors (Lipinski definition) is 1. The van der Waals surface area contributed by atoms with E-state index in [-0.39, 0.29) is 30.3 Å². The van der Waals surface area contributed by atoms with E-state index < -0.39 is 0 Å². The second-order valence-electron chi connectivity index (χ2n) is 5.97. The van der Waals surface area contributed by atoms with Gasteiger partial charge in [-0.05, 0) is 49.8 Å². The van der Waals surface area contributed by atoms with Crippen molar-refractivity contribution < 1.29 is 4.79 Å². The van der Waals surface area contributed by atoms with Crippen molar-refractivity contribution in [3.63, 3.8) is 0 Å². The van der Waals surface area contributed by atoms with Gasteiger partial charge in [-0.25, -0.2) is 0 Å². The smallest absolute Gasteiger partial charge is 0.227 e. The van der Waals surface area contributed by atoms with Crippen LogP contribution in [0, 0.1) is 19.8 Å². The van der Waals surface area contributed by atoms with Crippen LogP contribution in [0.4, 0.5) is 0 Å². The number of piperidine rings is 1. The van der Waals surface area contributed by atoms with Gasteiger partial charge in [0, 0.05) is 19.0 Å². The molecule has 0 saturated carbocycles. The fourth-order valence-corrected chi connectivity index (χ4v) is 3.04. The fraction of sp³-hybridized carbons (Fsp3) is 0.588. The molecule has 2 rings (SSSR count). The van der Waals surface area contributed by atoms with Crippen LogP contribution >= 0.6 is 12.4 Å². The second-order valence-corrected chi connectivity index (χ2v) is 5.97. The summed E-state index contributed by atoms with van der Waals surface area (Å²) in [6.45, 7) is 7.51. The van der Waals surface area contributed by atoms with Crippen LogP contribution < -0.4 is 5.73 Å². The minimum Gasteiger partial charge on any atom is -0.335 e. The highest BCUT2D eigenvalue weighted by Gasteiger charge is 2.30. The number of nitrogens with zero attached hydrogens (tertiary/aromatic N) is 1. The molecular weight excluding hydrogens is 284 g/mol. The topological polar surface area (TPSA) is 46.3 Å². The van der Waals surface area contributed by atoms with E-state index in [0.29, 0.717) is 6.54 Å². The number of carbonyl (C=O) groups is 1. The van der Waals surface area contributed by atoms with E-state index in [2.05, 4.69) is 36.9 Å². The predicted octanol–water partition coefficient (Wildman–Crippen LogP) is 3.37. The summed E-state index contributed by atoms with van der Waals surface area (Å²) in [7, 11) is 0. The highest BCUT2D eigenvalue weighted by molar-refractivity contribution is 5.85. The van der Waals surface area contributed by atoms with Gasteiger partial charge in [-0.15, -0.1) is 12.4 Å². The predicted molar refractivity (Wildman–Crippen MR) is 89.7 cm³/mol. The Morgan fingerprint density at radius 3 is 2.76 bits per heavy atom. The normalized spacial score (nSPS) is 19.8.